The number of nitrogens with one attached hydrogen (secondary N) is 1. The fraction of sp³-hybridized carbons (Fsp3) is 0.0625. The first-order valence-corrected chi connectivity index (χ1v) is 6.96. The van der Waals surface area contributed by atoms with E-state index in [-0.39, 0.29) is 18.3 Å². The summed E-state index contributed by atoms with van der Waals surface area (Å²) in [6, 6.07) is 11.3. The Balaban J connectivity index is 1.95. The van der Waals surface area contributed by atoms with Crippen molar-refractivity contribution in [3.8, 4) is 0 Å². The molecule has 0 aliphatic carbocycles. The Morgan fingerprint density at radius 1 is 1.19 bits per heavy atom. The summed E-state index contributed by atoms with van der Waals surface area (Å²) in [7, 11) is 0. The molecule has 0 fully saturated rings. The average Bonchev–Trinajstić information content (AvgIpc) is 2.45. The van der Waals surface area contributed by atoms with E-state index in [0.29, 0.717) is 15.6 Å². The maximum atomic E-state index is 13.4. The third kappa shape index (κ3) is 4.59. The molecule has 0 bridgehead atoms. The average molecular weight is 324 g/mol. The van der Waals surface area contributed by atoms with Crippen molar-refractivity contribution in [1.82, 2.24) is 5.32 Å². The van der Waals surface area contributed by atoms with E-state index >= 15 is 0 Å². The molecule has 0 spiro atoms. The van der Waals surface area contributed by atoms with E-state index in [9.17, 15) is 9.18 Å². The summed E-state index contributed by atoms with van der Waals surface area (Å²) < 4.78 is 13.4. The zero-order valence-corrected chi connectivity index (χ0v) is 12.5. The second kappa shape index (κ2) is 7.25. The summed E-state index contributed by atoms with van der Waals surface area (Å²) in [4.78, 5) is 11.7. The Hall–Kier alpha value is -1.84. The maximum absolute atomic E-state index is 13.4. The van der Waals surface area contributed by atoms with E-state index in [1.165, 1.54) is 18.2 Å². The van der Waals surface area contributed by atoms with Crippen molar-refractivity contribution in [2.24, 2.45) is 0 Å². The molecule has 0 unspecified atom stereocenters. The molecule has 0 aromatic heterocycles. The van der Waals surface area contributed by atoms with Crippen LogP contribution >= 0.6 is 23.2 Å². The van der Waals surface area contributed by atoms with Crippen molar-refractivity contribution >= 4 is 35.2 Å². The number of carbonyl (C=O) groups is 1. The number of halogens is 3. The summed E-state index contributed by atoms with van der Waals surface area (Å²) in [5.41, 5.74) is 1.12. The minimum absolute atomic E-state index is 0.274. The van der Waals surface area contributed by atoms with Gasteiger partial charge in [-0.15, -0.1) is 0 Å². The predicted molar refractivity (Wildman–Crippen MR) is 83.7 cm³/mol. The predicted octanol–water partition coefficient (Wildman–Crippen LogP) is 4.46. The molecule has 0 radical (unpaired) electrons. The Morgan fingerprint density at radius 2 is 1.95 bits per heavy atom. The van der Waals surface area contributed by atoms with Crippen LogP contribution in [-0.4, -0.2) is 5.91 Å². The van der Waals surface area contributed by atoms with E-state index in [0.717, 1.165) is 5.56 Å². The van der Waals surface area contributed by atoms with Crippen molar-refractivity contribution in [2.45, 2.75) is 6.54 Å². The molecule has 0 aliphatic rings. The van der Waals surface area contributed by atoms with Crippen LogP contribution in [0, 0.1) is 5.82 Å². The fourth-order valence-corrected chi connectivity index (χ4v) is 2.16. The van der Waals surface area contributed by atoms with Crippen molar-refractivity contribution < 1.29 is 9.18 Å². The van der Waals surface area contributed by atoms with E-state index in [1.54, 1.807) is 36.4 Å². The molecule has 1 amide bonds. The maximum Gasteiger partial charge on any atom is 0.244 e. The number of amides is 1. The van der Waals surface area contributed by atoms with Gasteiger partial charge >= 0.3 is 0 Å². The second-order valence-corrected chi connectivity index (χ2v) is 5.15. The Bertz CT molecular complexity index is 686. The lowest BCUT2D eigenvalue weighted by atomic mass is 10.2. The summed E-state index contributed by atoms with van der Waals surface area (Å²) in [6.07, 6.45) is 2.70. The van der Waals surface area contributed by atoms with Gasteiger partial charge in [0, 0.05) is 28.2 Å². The van der Waals surface area contributed by atoms with Gasteiger partial charge in [-0.3, -0.25) is 4.79 Å². The molecule has 2 aromatic rings. The van der Waals surface area contributed by atoms with Gasteiger partial charge in [0.25, 0.3) is 0 Å². The largest absolute Gasteiger partial charge is 0.348 e. The lowest BCUT2D eigenvalue weighted by Gasteiger charge is -2.05. The first-order valence-electron chi connectivity index (χ1n) is 6.20. The first kappa shape index (κ1) is 15.5. The number of hydrogen-bond donors (Lipinski definition) is 1. The molecule has 0 heterocycles. The van der Waals surface area contributed by atoms with Crippen molar-refractivity contribution in [2.75, 3.05) is 0 Å². The van der Waals surface area contributed by atoms with Gasteiger partial charge in [0.1, 0.15) is 5.82 Å². The van der Waals surface area contributed by atoms with Crippen LogP contribution in [0.3, 0.4) is 0 Å². The molecule has 0 atom stereocenters. The second-order valence-electron chi connectivity index (χ2n) is 4.31. The quantitative estimate of drug-likeness (QED) is 0.827. The van der Waals surface area contributed by atoms with Gasteiger partial charge in [0.05, 0.1) is 0 Å². The summed E-state index contributed by atoms with van der Waals surface area (Å²) in [6.45, 7) is 0.274. The Kier molecular flexibility index (Phi) is 5.37. The highest BCUT2D eigenvalue weighted by atomic mass is 35.5. The van der Waals surface area contributed by atoms with Crippen LogP contribution in [0.5, 0.6) is 0 Å². The number of carbonyl (C=O) groups excluding carboxylic acids is 1. The van der Waals surface area contributed by atoms with E-state index in [4.69, 9.17) is 23.2 Å². The third-order valence-corrected chi connectivity index (χ3v) is 3.37. The van der Waals surface area contributed by atoms with Gasteiger partial charge in [0.2, 0.25) is 5.91 Å². The molecule has 0 saturated carbocycles. The van der Waals surface area contributed by atoms with Crippen molar-refractivity contribution in [3.63, 3.8) is 0 Å². The van der Waals surface area contributed by atoms with Gasteiger partial charge < -0.3 is 5.32 Å². The van der Waals surface area contributed by atoms with Crippen LogP contribution < -0.4 is 5.32 Å². The third-order valence-electron chi connectivity index (χ3n) is 2.79. The number of benzene rings is 2. The highest BCUT2D eigenvalue weighted by Crippen LogP contribution is 2.20. The van der Waals surface area contributed by atoms with E-state index in [1.807, 2.05) is 0 Å². The minimum Gasteiger partial charge on any atom is -0.348 e. The zero-order chi connectivity index (χ0) is 15.2. The Labute approximate surface area is 132 Å². The fourth-order valence-electron chi connectivity index (χ4n) is 1.68. The Morgan fingerprint density at radius 3 is 2.67 bits per heavy atom. The van der Waals surface area contributed by atoms with Gasteiger partial charge in [-0.1, -0.05) is 47.5 Å². The highest BCUT2D eigenvalue weighted by molar-refractivity contribution is 6.35. The van der Waals surface area contributed by atoms with Gasteiger partial charge in [0.15, 0.2) is 0 Å². The van der Waals surface area contributed by atoms with E-state index in [2.05, 4.69) is 5.32 Å². The molecule has 2 aromatic carbocycles. The topological polar surface area (TPSA) is 29.1 Å². The summed E-state index contributed by atoms with van der Waals surface area (Å²) in [5, 5.41) is 3.70. The minimum atomic E-state index is -0.373. The van der Waals surface area contributed by atoms with Crippen LogP contribution in [0.1, 0.15) is 11.1 Å². The molecule has 0 saturated heterocycles. The zero-order valence-electron chi connectivity index (χ0n) is 10.9. The van der Waals surface area contributed by atoms with Crippen molar-refractivity contribution in [3.05, 3.63) is 75.5 Å². The number of rotatable bonds is 4. The van der Waals surface area contributed by atoms with Crippen LogP contribution in [0.15, 0.2) is 48.5 Å². The van der Waals surface area contributed by atoms with Crippen LogP contribution in [-0.2, 0) is 11.3 Å². The summed E-state index contributed by atoms with van der Waals surface area (Å²) in [5.74, 6) is -0.702. The van der Waals surface area contributed by atoms with Crippen LogP contribution in [0.2, 0.25) is 10.0 Å². The van der Waals surface area contributed by atoms with Gasteiger partial charge in [-0.05, 0) is 29.8 Å². The van der Waals surface area contributed by atoms with Gasteiger partial charge in [-0.2, -0.15) is 0 Å². The van der Waals surface area contributed by atoms with Crippen LogP contribution in [0.25, 0.3) is 6.08 Å². The standard InChI is InChI=1S/C16H12Cl2FNO/c17-13-7-5-12(14(18)9-13)10-20-16(21)8-6-11-3-1-2-4-15(11)19/h1-9H,10H2,(H,20,21)/b8-6+. The summed E-state index contributed by atoms with van der Waals surface area (Å²) >= 11 is 11.8. The molecule has 0 aliphatic heterocycles. The lowest BCUT2D eigenvalue weighted by Crippen LogP contribution is -2.20. The SMILES string of the molecule is O=C(/C=C/c1ccccc1F)NCc1ccc(Cl)cc1Cl. The molecule has 5 heteroatoms. The lowest BCUT2D eigenvalue weighted by molar-refractivity contribution is -0.116. The van der Waals surface area contributed by atoms with E-state index < -0.39 is 0 Å². The molecule has 1 N–H and O–H groups in total. The molecule has 21 heavy (non-hydrogen) atoms. The van der Waals surface area contributed by atoms with Gasteiger partial charge in [-0.25, -0.2) is 4.39 Å². The van der Waals surface area contributed by atoms with Crippen molar-refractivity contribution in [1.29, 1.82) is 0 Å². The smallest absolute Gasteiger partial charge is 0.244 e. The number of hydrogen-bond acceptors (Lipinski definition) is 1. The highest BCUT2D eigenvalue weighted by Gasteiger charge is 2.03. The molecule has 2 nitrogen and oxygen atoms in total. The monoisotopic (exact) mass is 323 g/mol. The molecule has 2 rings (SSSR count). The normalized spacial score (nSPS) is 10.8. The molecule has 108 valence electrons. The van der Waals surface area contributed by atoms with Crippen LogP contribution in [0.4, 0.5) is 4.39 Å². The first-order chi connectivity index (χ1) is 10.1. The molecular formula is C16H12Cl2FNO. The molecular weight excluding hydrogens is 312 g/mol.